The summed E-state index contributed by atoms with van der Waals surface area (Å²) in [6.07, 6.45) is -0.419. The molecule has 0 aromatic heterocycles. The number of rotatable bonds is 5. The normalized spacial score (nSPS) is 11.9. The number of ether oxygens (including phenoxy) is 2. The Morgan fingerprint density at radius 2 is 2.22 bits per heavy atom. The lowest BCUT2D eigenvalue weighted by Gasteiger charge is -2.12. The molecule has 0 aliphatic carbocycles. The van der Waals surface area contributed by atoms with Gasteiger partial charge in [0.1, 0.15) is 6.10 Å². The van der Waals surface area contributed by atoms with Gasteiger partial charge >= 0.3 is 5.97 Å². The van der Waals surface area contributed by atoms with Crippen LogP contribution in [-0.4, -0.2) is 30.7 Å². The van der Waals surface area contributed by atoms with Crippen molar-refractivity contribution in [3.05, 3.63) is 33.9 Å². The molecule has 18 heavy (non-hydrogen) atoms. The van der Waals surface area contributed by atoms with Crippen molar-refractivity contribution >= 4 is 17.3 Å². The largest absolute Gasteiger partial charge is 0.457 e. The van der Waals surface area contributed by atoms with Crippen LogP contribution in [-0.2, 0) is 9.47 Å². The second-order valence-corrected chi connectivity index (χ2v) is 3.70. The number of hydrogen-bond acceptors (Lipinski definition) is 6. The highest BCUT2D eigenvalue weighted by Crippen LogP contribution is 2.20. The molecule has 0 bridgehead atoms. The zero-order valence-electron chi connectivity index (χ0n) is 10.1. The summed E-state index contributed by atoms with van der Waals surface area (Å²) in [6.45, 7) is 1.93. The molecule has 0 heterocycles. The highest BCUT2D eigenvalue weighted by Gasteiger charge is 2.17. The molecule has 0 aliphatic heterocycles. The number of nitrogens with two attached hydrogens (primary N) is 1. The standard InChI is InChI=1S/C11H14N2O5/c1-7(6-17-2)18-11(14)9-4-3-8(13(15)16)5-10(9)12/h3-5,7H,6,12H2,1-2H3. The molecular formula is C11H14N2O5. The van der Waals surface area contributed by atoms with Gasteiger partial charge in [0.25, 0.3) is 5.69 Å². The lowest BCUT2D eigenvalue weighted by molar-refractivity contribution is -0.384. The molecule has 7 heteroatoms. The highest BCUT2D eigenvalue weighted by molar-refractivity contribution is 5.95. The Bertz CT molecular complexity index is 461. The smallest absolute Gasteiger partial charge is 0.340 e. The van der Waals surface area contributed by atoms with E-state index in [1.54, 1.807) is 6.92 Å². The average Bonchev–Trinajstić information content (AvgIpc) is 2.28. The fourth-order valence-electron chi connectivity index (χ4n) is 1.36. The molecule has 0 fully saturated rings. The highest BCUT2D eigenvalue weighted by atomic mass is 16.6. The number of methoxy groups -OCH3 is 1. The number of anilines is 1. The van der Waals surface area contributed by atoms with Gasteiger partial charge in [-0.25, -0.2) is 4.79 Å². The molecule has 0 spiro atoms. The van der Waals surface area contributed by atoms with E-state index in [4.69, 9.17) is 15.2 Å². The Hall–Kier alpha value is -2.15. The van der Waals surface area contributed by atoms with Crippen LogP contribution in [0.15, 0.2) is 18.2 Å². The molecule has 2 N–H and O–H groups in total. The van der Waals surface area contributed by atoms with Crippen molar-refractivity contribution in [3.8, 4) is 0 Å². The van der Waals surface area contributed by atoms with Gasteiger partial charge in [-0.15, -0.1) is 0 Å². The molecule has 1 aromatic rings. The Balaban J connectivity index is 2.84. The van der Waals surface area contributed by atoms with Gasteiger partial charge in [0.2, 0.25) is 0 Å². The van der Waals surface area contributed by atoms with Crippen LogP contribution in [0.1, 0.15) is 17.3 Å². The predicted octanol–water partition coefficient (Wildman–Crippen LogP) is 1.37. The third-order valence-corrected chi connectivity index (χ3v) is 2.18. The zero-order valence-corrected chi connectivity index (χ0v) is 10.1. The Morgan fingerprint density at radius 3 is 2.72 bits per heavy atom. The van der Waals surface area contributed by atoms with Crippen molar-refractivity contribution < 1.29 is 19.2 Å². The van der Waals surface area contributed by atoms with Crippen molar-refractivity contribution in [2.75, 3.05) is 19.5 Å². The first-order valence-electron chi connectivity index (χ1n) is 5.19. The molecule has 0 saturated carbocycles. The van der Waals surface area contributed by atoms with Crippen LogP contribution in [0.2, 0.25) is 0 Å². The first-order valence-corrected chi connectivity index (χ1v) is 5.19. The van der Waals surface area contributed by atoms with Crippen LogP contribution in [0, 0.1) is 10.1 Å². The first kappa shape index (κ1) is 13.9. The quantitative estimate of drug-likeness (QED) is 0.368. The number of carbonyl (C=O) groups is 1. The first-order chi connectivity index (χ1) is 8.45. The molecule has 0 amide bonds. The van der Waals surface area contributed by atoms with Crippen LogP contribution in [0.25, 0.3) is 0 Å². The van der Waals surface area contributed by atoms with Crippen LogP contribution < -0.4 is 5.73 Å². The molecule has 0 radical (unpaired) electrons. The molecule has 7 nitrogen and oxygen atoms in total. The van der Waals surface area contributed by atoms with Crippen molar-refractivity contribution in [2.24, 2.45) is 0 Å². The van der Waals surface area contributed by atoms with Crippen molar-refractivity contribution in [1.29, 1.82) is 0 Å². The summed E-state index contributed by atoms with van der Waals surface area (Å²) in [4.78, 5) is 21.6. The minimum atomic E-state index is -0.632. The van der Waals surface area contributed by atoms with Crippen LogP contribution >= 0.6 is 0 Å². The third-order valence-electron chi connectivity index (χ3n) is 2.18. The van der Waals surface area contributed by atoms with E-state index < -0.39 is 17.0 Å². The Morgan fingerprint density at radius 1 is 1.56 bits per heavy atom. The number of non-ortho nitro benzene ring substituents is 1. The number of carbonyl (C=O) groups excluding carboxylic acids is 1. The number of esters is 1. The molecule has 98 valence electrons. The van der Waals surface area contributed by atoms with E-state index in [-0.39, 0.29) is 23.5 Å². The molecule has 1 atom stereocenters. The van der Waals surface area contributed by atoms with E-state index in [1.807, 2.05) is 0 Å². The summed E-state index contributed by atoms with van der Waals surface area (Å²) in [7, 11) is 1.49. The van der Waals surface area contributed by atoms with Crippen LogP contribution in [0.3, 0.4) is 0 Å². The van der Waals surface area contributed by atoms with Gasteiger partial charge in [0.15, 0.2) is 0 Å². The van der Waals surface area contributed by atoms with Gasteiger partial charge < -0.3 is 15.2 Å². The lowest BCUT2D eigenvalue weighted by atomic mass is 10.1. The van der Waals surface area contributed by atoms with Gasteiger partial charge in [-0.1, -0.05) is 0 Å². The maximum Gasteiger partial charge on any atom is 0.340 e. The number of nitrogens with zero attached hydrogens (tertiary/aromatic N) is 1. The number of nitro benzene ring substituents is 1. The third kappa shape index (κ3) is 3.42. The summed E-state index contributed by atoms with van der Waals surface area (Å²) in [5.41, 5.74) is 5.51. The van der Waals surface area contributed by atoms with E-state index in [1.165, 1.54) is 19.2 Å². The van der Waals surface area contributed by atoms with E-state index in [2.05, 4.69) is 0 Å². The summed E-state index contributed by atoms with van der Waals surface area (Å²) in [5, 5.41) is 10.5. The second kappa shape index (κ2) is 5.97. The lowest BCUT2D eigenvalue weighted by Crippen LogP contribution is -2.20. The maximum absolute atomic E-state index is 11.7. The molecule has 1 rings (SSSR count). The van der Waals surface area contributed by atoms with Gasteiger partial charge in [0, 0.05) is 19.2 Å². The van der Waals surface area contributed by atoms with Crippen molar-refractivity contribution in [1.82, 2.24) is 0 Å². The Labute approximate surface area is 104 Å². The van der Waals surface area contributed by atoms with Gasteiger partial charge in [0.05, 0.1) is 22.8 Å². The molecule has 1 unspecified atom stereocenters. The van der Waals surface area contributed by atoms with Crippen molar-refractivity contribution in [2.45, 2.75) is 13.0 Å². The van der Waals surface area contributed by atoms with E-state index in [0.29, 0.717) is 0 Å². The summed E-state index contributed by atoms with van der Waals surface area (Å²) in [5.74, 6) is -0.632. The topological polar surface area (TPSA) is 105 Å². The van der Waals surface area contributed by atoms with E-state index >= 15 is 0 Å². The molecule has 0 saturated heterocycles. The predicted molar refractivity (Wildman–Crippen MR) is 64.3 cm³/mol. The number of hydrogen-bond donors (Lipinski definition) is 1. The minimum Gasteiger partial charge on any atom is -0.457 e. The maximum atomic E-state index is 11.7. The molecule has 1 aromatic carbocycles. The minimum absolute atomic E-state index is 0.0128. The van der Waals surface area contributed by atoms with Crippen LogP contribution in [0.5, 0.6) is 0 Å². The van der Waals surface area contributed by atoms with Gasteiger partial charge in [-0.05, 0) is 13.0 Å². The summed E-state index contributed by atoms with van der Waals surface area (Å²) in [6, 6.07) is 3.60. The van der Waals surface area contributed by atoms with E-state index in [0.717, 1.165) is 6.07 Å². The average molecular weight is 254 g/mol. The summed E-state index contributed by atoms with van der Waals surface area (Å²) < 4.78 is 9.87. The molecule has 0 aliphatic rings. The number of nitrogen functional groups attached to an aromatic ring is 1. The van der Waals surface area contributed by atoms with E-state index in [9.17, 15) is 14.9 Å². The Kier molecular flexibility index (Phi) is 4.61. The number of nitro groups is 1. The van der Waals surface area contributed by atoms with Gasteiger partial charge in [-0.2, -0.15) is 0 Å². The van der Waals surface area contributed by atoms with Crippen molar-refractivity contribution in [3.63, 3.8) is 0 Å². The zero-order chi connectivity index (χ0) is 13.7. The molecular weight excluding hydrogens is 240 g/mol. The van der Waals surface area contributed by atoms with Gasteiger partial charge in [-0.3, -0.25) is 10.1 Å². The monoisotopic (exact) mass is 254 g/mol. The SMILES string of the molecule is COCC(C)OC(=O)c1ccc([N+](=O)[O-])cc1N. The number of benzene rings is 1. The van der Waals surface area contributed by atoms with Crippen LogP contribution in [0.4, 0.5) is 11.4 Å². The fraction of sp³-hybridized carbons (Fsp3) is 0.364. The fourth-order valence-corrected chi connectivity index (χ4v) is 1.36. The second-order valence-electron chi connectivity index (χ2n) is 3.70. The summed E-state index contributed by atoms with van der Waals surface area (Å²) >= 11 is 0.